The molecule has 2 aliphatic rings. The molecule has 24 heavy (non-hydrogen) atoms. The van der Waals surface area contributed by atoms with Crippen LogP contribution in [0, 0.1) is 5.92 Å². The Balaban J connectivity index is 1.66. The van der Waals surface area contributed by atoms with Crippen molar-refractivity contribution in [2.24, 2.45) is 5.92 Å². The SMILES string of the molecule is CC(C)(C)c1cc2nc3c(c(=O)n2[nH]1)CN(CC1CCOC1)CC3. The normalized spacial score (nSPS) is 22.2. The van der Waals surface area contributed by atoms with Crippen molar-refractivity contribution in [3.05, 3.63) is 33.4 Å². The van der Waals surface area contributed by atoms with Gasteiger partial charge in [0.1, 0.15) is 0 Å². The summed E-state index contributed by atoms with van der Waals surface area (Å²) >= 11 is 0. The van der Waals surface area contributed by atoms with Crippen LogP contribution in [0.15, 0.2) is 10.9 Å². The molecule has 6 nitrogen and oxygen atoms in total. The predicted octanol–water partition coefficient (Wildman–Crippen LogP) is 1.71. The van der Waals surface area contributed by atoms with Crippen LogP contribution in [-0.4, -0.2) is 45.8 Å². The van der Waals surface area contributed by atoms with Crippen LogP contribution < -0.4 is 5.56 Å². The Morgan fingerprint density at radius 2 is 2.25 bits per heavy atom. The second kappa shape index (κ2) is 5.70. The van der Waals surface area contributed by atoms with E-state index in [9.17, 15) is 4.79 Å². The lowest BCUT2D eigenvalue weighted by Crippen LogP contribution is -2.39. The zero-order valence-electron chi connectivity index (χ0n) is 14.8. The first-order chi connectivity index (χ1) is 11.4. The lowest BCUT2D eigenvalue weighted by atomic mass is 9.93. The third kappa shape index (κ3) is 2.78. The summed E-state index contributed by atoms with van der Waals surface area (Å²) in [5.41, 5.74) is 3.61. The van der Waals surface area contributed by atoms with Crippen LogP contribution in [0.4, 0.5) is 0 Å². The maximum Gasteiger partial charge on any atom is 0.277 e. The highest BCUT2D eigenvalue weighted by atomic mass is 16.5. The van der Waals surface area contributed by atoms with E-state index in [1.807, 2.05) is 6.07 Å². The molecule has 0 amide bonds. The molecule has 0 aromatic carbocycles. The van der Waals surface area contributed by atoms with Gasteiger partial charge in [-0.15, -0.1) is 0 Å². The van der Waals surface area contributed by atoms with Crippen molar-refractivity contribution in [2.45, 2.75) is 45.6 Å². The van der Waals surface area contributed by atoms with Gasteiger partial charge in [0.05, 0.1) is 17.9 Å². The molecule has 0 saturated carbocycles. The number of hydrogen-bond donors (Lipinski definition) is 1. The van der Waals surface area contributed by atoms with Gasteiger partial charge in [-0.1, -0.05) is 20.8 Å². The first kappa shape index (κ1) is 15.8. The maximum atomic E-state index is 12.9. The topological polar surface area (TPSA) is 62.6 Å². The van der Waals surface area contributed by atoms with Gasteiger partial charge in [-0.05, 0) is 12.3 Å². The van der Waals surface area contributed by atoms with Gasteiger partial charge in [-0.2, -0.15) is 0 Å². The molecule has 0 radical (unpaired) electrons. The third-order valence-corrected chi connectivity index (χ3v) is 5.19. The largest absolute Gasteiger partial charge is 0.381 e. The fourth-order valence-corrected chi connectivity index (χ4v) is 3.67. The maximum absolute atomic E-state index is 12.9. The molecule has 1 unspecified atom stereocenters. The molecule has 0 aliphatic carbocycles. The van der Waals surface area contributed by atoms with E-state index in [0.29, 0.717) is 12.5 Å². The van der Waals surface area contributed by atoms with Gasteiger partial charge < -0.3 is 4.74 Å². The van der Waals surface area contributed by atoms with Crippen LogP contribution >= 0.6 is 0 Å². The summed E-state index contributed by atoms with van der Waals surface area (Å²) in [5, 5.41) is 3.25. The second-order valence-electron chi connectivity index (χ2n) is 8.17. The van der Waals surface area contributed by atoms with Gasteiger partial charge in [0.15, 0.2) is 5.65 Å². The van der Waals surface area contributed by atoms with Crippen LogP contribution in [0.1, 0.15) is 44.1 Å². The quantitative estimate of drug-likeness (QED) is 0.911. The molecule has 2 aliphatic heterocycles. The number of aromatic nitrogens is 3. The minimum absolute atomic E-state index is 0.0326. The number of fused-ring (bicyclic) bond motifs is 2. The predicted molar refractivity (Wildman–Crippen MR) is 92.4 cm³/mol. The Hall–Kier alpha value is -1.66. The van der Waals surface area contributed by atoms with Crippen molar-refractivity contribution in [3.63, 3.8) is 0 Å². The van der Waals surface area contributed by atoms with E-state index >= 15 is 0 Å². The standard InChI is InChI=1S/C18H26N4O2/c1-18(2,3)15-8-16-19-14-4-6-21(9-12-5-7-24-11-12)10-13(14)17(23)22(16)20-15/h8,12,20H,4-7,9-11H2,1-3H3. The van der Waals surface area contributed by atoms with E-state index in [-0.39, 0.29) is 11.0 Å². The molecular formula is C18H26N4O2. The number of H-pyrrole nitrogens is 1. The van der Waals surface area contributed by atoms with Crippen LogP contribution in [0.2, 0.25) is 0 Å². The number of ether oxygens (including phenoxy) is 1. The summed E-state index contributed by atoms with van der Waals surface area (Å²) in [6, 6.07) is 2.00. The molecule has 2 aromatic rings. The Bertz CT molecular complexity index is 809. The summed E-state index contributed by atoms with van der Waals surface area (Å²) in [6.07, 6.45) is 1.98. The van der Waals surface area contributed by atoms with Crippen molar-refractivity contribution >= 4 is 5.65 Å². The minimum Gasteiger partial charge on any atom is -0.381 e. The van der Waals surface area contributed by atoms with Crippen LogP contribution in [0.3, 0.4) is 0 Å². The van der Waals surface area contributed by atoms with Crippen molar-refractivity contribution in [1.82, 2.24) is 19.5 Å². The highest BCUT2D eigenvalue weighted by Crippen LogP contribution is 2.23. The van der Waals surface area contributed by atoms with Crippen LogP contribution in [0.5, 0.6) is 0 Å². The van der Waals surface area contributed by atoms with Crippen molar-refractivity contribution in [2.75, 3.05) is 26.3 Å². The van der Waals surface area contributed by atoms with Crippen molar-refractivity contribution in [3.8, 4) is 0 Å². The van der Waals surface area contributed by atoms with Crippen molar-refractivity contribution < 1.29 is 4.74 Å². The zero-order chi connectivity index (χ0) is 16.9. The molecule has 1 N–H and O–H groups in total. The number of hydrogen-bond acceptors (Lipinski definition) is 4. The highest BCUT2D eigenvalue weighted by Gasteiger charge is 2.26. The molecule has 4 heterocycles. The van der Waals surface area contributed by atoms with E-state index in [4.69, 9.17) is 9.72 Å². The number of rotatable bonds is 2. The second-order valence-corrected chi connectivity index (χ2v) is 8.17. The molecule has 0 bridgehead atoms. The van der Waals surface area contributed by atoms with Gasteiger partial charge in [0, 0.05) is 49.8 Å². The molecule has 1 atom stereocenters. The number of nitrogens with one attached hydrogen (secondary N) is 1. The summed E-state index contributed by atoms with van der Waals surface area (Å²) in [7, 11) is 0. The Labute approximate surface area is 141 Å². The molecule has 4 rings (SSSR count). The average Bonchev–Trinajstić information content (AvgIpc) is 3.17. The van der Waals surface area contributed by atoms with E-state index in [0.717, 1.165) is 61.7 Å². The summed E-state index contributed by atoms with van der Waals surface area (Å²) in [4.78, 5) is 20.1. The first-order valence-corrected chi connectivity index (χ1v) is 8.86. The third-order valence-electron chi connectivity index (χ3n) is 5.19. The molecular weight excluding hydrogens is 304 g/mol. The summed E-state index contributed by atoms with van der Waals surface area (Å²) in [6.45, 7) is 10.8. The van der Waals surface area contributed by atoms with E-state index < -0.39 is 0 Å². The van der Waals surface area contributed by atoms with E-state index in [1.54, 1.807) is 4.52 Å². The summed E-state index contributed by atoms with van der Waals surface area (Å²) in [5.74, 6) is 0.601. The Kier molecular flexibility index (Phi) is 3.77. The highest BCUT2D eigenvalue weighted by molar-refractivity contribution is 5.43. The molecule has 6 heteroatoms. The fraction of sp³-hybridized carbons (Fsp3) is 0.667. The lowest BCUT2D eigenvalue weighted by molar-refractivity contribution is 0.161. The molecule has 130 valence electrons. The van der Waals surface area contributed by atoms with Crippen LogP contribution in [-0.2, 0) is 23.1 Å². The van der Waals surface area contributed by atoms with Gasteiger partial charge in [-0.25, -0.2) is 9.50 Å². The number of nitrogens with zero attached hydrogens (tertiary/aromatic N) is 3. The minimum atomic E-state index is -0.0326. The zero-order valence-corrected chi connectivity index (χ0v) is 14.8. The van der Waals surface area contributed by atoms with Crippen molar-refractivity contribution in [1.29, 1.82) is 0 Å². The first-order valence-electron chi connectivity index (χ1n) is 8.86. The summed E-state index contributed by atoms with van der Waals surface area (Å²) < 4.78 is 7.09. The average molecular weight is 330 g/mol. The lowest BCUT2D eigenvalue weighted by Gasteiger charge is -2.29. The van der Waals surface area contributed by atoms with Crippen LogP contribution in [0.25, 0.3) is 5.65 Å². The Morgan fingerprint density at radius 1 is 1.42 bits per heavy atom. The van der Waals surface area contributed by atoms with Gasteiger partial charge in [0.25, 0.3) is 5.56 Å². The molecule has 0 spiro atoms. The van der Waals surface area contributed by atoms with Gasteiger partial charge in [-0.3, -0.25) is 14.8 Å². The monoisotopic (exact) mass is 330 g/mol. The molecule has 1 fully saturated rings. The molecule has 2 aromatic heterocycles. The smallest absolute Gasteiger partial charge is 0.277 e. The number of aromatic amines is 1. The van der Waals surface area contributed by atoms with Gasteiger partial charge >= 0.3 is 0 Å². The molecule has 1 saturated heterocycles. The Morgan fingerprint density at radius 3 is 2.96 bits per heavy atom. The van der Waals surface area contributed by atoms with E-state index in [1.165, 1.54) is 0 Å². The fourth-order valence-electron chi connectivity index (χ4n) is 3.67. The van der Waals surface area contributed by atoms with E-state index in [2.05, 4.69) is 30.8 Å². The van der Waals surface area contributed by atoms with Gasteiger partial charge in [0.2, 0.25) is 0 Å².